The minimum atomic E-state index is -3.35. The van der Waals surface area contributed by atoms with Crippen molar-refractivity contribution >= 4 is 15.7 Å². The van der Waals surface area contributed by atoms with Crippen molar-refractivity contribution in [2.75, 3.05) is 11.4 Å². The molecule has 0 atom stereocenters. The van der Waals surface area contributed by atoms with Gasteiger partial charge in [0.25, 0.3) is 0 Å². The topological polar surface area (TPSA) is 37.4 Å². The second kappa shape index (κ2) is 5.45. The number of sulfonamides is 1. The van der Waals surface area contributed by atoms with Gasteiger partial charge in [-0.05, 0) is 24.6 Å². The van der Waals surface area contributed by atoms with E-state index in [1.807, 2.05) is 61.5 Å². The predicted molar refractivity (Wildman–Crippen MR) is 78.6 cm³/mol. The second-order valence-electron chi connectivity index (χ2n) is 4.54. The van der Waals surface area contributed by atoms with Crippen LogP contribution in [-0.2, 0) is 15.8 Å². The highest BCUT2D eigenvalue weighted by Crippen LogP contribution is 2.19. The van der Waals surface area contributed by atoms with Crippen LogP contribution in [0, 0.1) is 6.92 Å². The molecule has 3 nitrogen and oxygen atoms in total. The largest absolute Gasteiger partial charge is 0.273 e. The molecule has 0 heterocycles. The lowest BCUT2D eigenvalue weighted by molar-refractivity contribution is 0.593. The van der Waals surface area contributed by atoms with Gasteiger partial charge in [0.2, 0.25) is 10.0 Å². The number of hydrogen-bond donors (Lipinski definition) is 0. The lowest BCUT2D eigenvalue weighted by Gasteiger charge is -2.19. The number of benzene rings is 2. The molecular formula is C15H17NO2S. The van der Waals surface area contributed by atoms with Crippen LogP contribution in [0.2, 0.25) is 0 Å². The summed E-state index contributed by atoms with van der Waals surface area (Å²) < 4.78 is 26.0. The molecule has 100 valence electrons. The fourth-order valence-corrected chi connectivity index (χ4v) is 3.05. The van der Waals surface area contributed by atoms with Gasteiger partial charge in [-0.25, -0.2) is 8.42 Å². The molecule has 0 fully saturated rings. The van der Waals surface area contributed by atoms with Gasteiger partial charge in [0.05, 0.1) is 11.4 Å². The lowest BCUT2D eigenvalue weighted by atomic mass is 10.2. The SMILES string of the molecule is Cc1ccc(N(C)S(=O)(=O)Cc2ccccc2)cc1. The molecule has 0 saturated heterocycles. The first kappa shape index (κ1) is 13.6. The Morgan fingerprint density at radius 1 is 0.947 bits per heavy atom. The highest BCUT2D eigenvalue weighted by molar-refractivity contribution is 7.92. The van der Waals surface area contributed by atoms with Gasteiger partial charge in [0, 0.05) is 7.05 Å². The molecule has 0 aliphatic heterocycles. The van der Waals surface area contributed by atoms with Gasteiger partial charge in [-0.1, -0.05) is 48.0 Å². The summed E-state index contributed by atoms with van der Waals surface area (Å²) in [4.78, 5) is 0. The van der Waals surface area contributed by atoms with Crippen molar-refractivity contribution in [3.8, 4) is 0 Å². The molecule has 4 heteroatoms. The Labute approximate surface area is 114 Å². The summed E-state index contributed by atoms with van der Waals surface area (Å²) in [5.41, 5.74) is 2.58. The van der Waals surface area contributed by atoms with Crippen molar-refractivity contribution in [2.24, 2.45) is 0 Å². The van der Waals surface area contributed by atoms with Crippen molar-refractivity contribution in [3.05, 3.63) is 65.7 Å². The van der Waals surface area contributed by atoms with Crippen molar-refractivity contribution in [1.82, 2.24) is 0 Å². The maximum Gasteiger partial charge on any atom is 0.239 e. The number of rotatable bonds is 4. The minimum absolute atomic E-state index is 0.0121. The van der Waals surface area contributed by atoms with Crippen molar-refractivity contribution < 1.29 is 8.42 Å². The normalized spacial score (nSPS) is 11.3. The molecule has 0 amide bonds. The first-order chi connectivity index (χ1) is 8.99. The summed E-state index contributed by atoms with van der Waals surface area (Å²) in [5, 5.41) is 0. The van der Waals surface area contributed by atoms with E-state index < -0.39 is 10.0 Å². The van der Waals surface area contributed by atoms with Crippen LogP contribution in [0.5, 0.6) is 0 Å². The van der Waals surface area contributed by atoms with Gasteiger partial charge in [-0.2, -0.15) is 0 Å². The van der Waals surface area contributed by atoms with Gasteiger partial charge in [0.1, 0.15) is 0 Å². The second-order valence-corrected chi connectivity index (χ2v) is 6.55. The Hall–Kier alpha value is -1.81. The predicted octanol–water partition coefficient (Wildman–Crippen LogP) is 2.96. The number of nitrogens with zero attached hydrogens (tertiary/aromatic N) is 1. The zero-order chi connectivity index (χ0) is 13.9. The van der Waals surface area contributed by atoms with Crippen molar-refractivity contribution in [1.29, 1.82) is 0 Å². The molecule has 0 N–H and O–H groups in total. The Balaban J connectivity index is 2.22. The monoisotopic (exact) mass is 275 g/mol. The third-order valence-electron chi connectivity index (χ3n) is 3.01. The van der Waals surface area contributed by atoms with Gasteiger partial charge < -0.3 is 0 Å². The molecule has 2 rings (SSSR count). The molecule has 19 heavy (non-hydrogen) atoms. The molecule has 0 bridgehead atoms. The van der Waals surface area contributed by atoms with Gasteiger partial charge in [0.15, 0.2) is 0 Å². The van der Waals surface area contributed by atoms with Crippen LogP contribution in [0.25, 0.3) is 0 Å². The van der Waals surface area contributed by atoms with E-state index in [-0.39, 0.29) is 5.75 Å². The Bertz CT molecular complexity index is 634. The zero-order valence-corrected chi connectivity index (χ0v) is 11.9. The molecule has 0 aliphatic rings. The molecule has 0 saturated carbocycles. The molecule has 0 aromatic heterocycles. The van der Waals surface area contributed by atoms with Crippen LogP contribution in [0.1, 0.15) is 11.1 Å². The third-order valence-corrected chi connectivity index (χ3v) is 4.75. The quantitative estimate of drug-likeness (QED) is 0.860. The number of hydrogen-bond acceptors (Lipinski definition) is 2. The summed E-state index contributed by atoms with van der Waals surface area (Å²) in [5.74, 6) is 0.0121. The van der Waals surface area contributed by atoms with E-state index in [1.54, 1.807) is 7.05 Å². The maximum absolute atomic E-state index is 12.3. The molecular weight excluding hydrogens is 258 g/mol. The highest BCUT2D eigenvalue weighted by atomic mass is 32.2. The fraction of sp³-hybridized carbons (Fsp3) is 0.200. The minimum Gasteiger partial charge on any atom is -0.273 e. The van der Waals surface area contributed by atoms with E-state index >= 15 is 0 Å². The molecule has 0 spiro atoms. The molecule has 0 unspecified atom stereocenters. The van der Waals surface area contributed by atoms with E-state index in [2.05, 4.69) is 0 Å². The summed E-state index contributed by atoms with van der Waals surface area (Å²) >= 11 is 0. The third kappa shape index (κ3) is 3.35. The van der Waals surface area contributed by atoms with Crippen LogP contribution >= 0.6 is 0 Å². The fourth-order valence-electron chi connectivity index (χ4n) is 1.80. The average Bonchev–Trinajstić information content (AvgIpc) is 2.39. The maximum atomic E-state index is 12.3. The molecule has 0 aliphatic carbocycles. The Morgan fingerprint density at radius 3 is 2.11 bits per heavy atom. The van der Waals surface area contributed by atoms with E-state index in [1.165, 1.54) is 4.31 Å². The van der Waals surface area contributed by atoms with E-state index in [9.17, 15) is 8.42 Å². The van der Waals surface area contributed by atoms with Gasteiger partial charge >= 0.3 is 0 Å². The van der Waals surface area contributed by atoms with Crippen LogP contribution in [0.4, 0.5) is 5.69 Å². The zero-order valence-electron chi connectivity index (χ0n) is 11.1. The van der Waals surface area contributed by atoms with Crippen molar-refractivity contribution in [2.45, 2.75) is 12.7 Å². The van der Waals surface area contributed by atoms with Gasteiger partial charge in [-0.15, -0.1) is 0 Å². The smallest absolute Gasteiger partial charge is 0.239 e. The lowest BCUT2D eigenvalue weighted by Crippen LogP contribution is -2.27. The van der Waals surface area contributed by atoms with Crippen LogP contribution in [0.3, 0.4) is 0 Å². The number of anilines is 1. The highest BCUT2D eigenvalue weighted by Gasteiger charge is 2.18. The molecule has 0 radical (unpaired) electrons. The standard InChI is InChI=1S/C15H17NO2S/c1-13-8-10-15(11-9-13)16(2)19(17,18)12-14-6-4-3-5-7-14/h3-11H,12H2,1-2H3. The van der Waals surface area contributed by atoms with E-state index in [0.717, 1.165) is 11.1 Å². The Morgan fingerprint density at radius 2 is 1.53 bits per heavy atom. The van der Waals surface area contributed by atoms with Crippen LogP contribution in [-0.4, -0.2) is 15.5 Å². The van der Waals surface area contributed by atoms with Crippen LogP contribution < -0.4 is 4.31 Å². The Kier molecular flexibility index (Phi) is 3.90. The molecule has 2 aromatic rings. The summed E-state index contributed by atoms with van der Waals surface area (Å²) in [7, 11) is -1.76. The van der Waals surface area contributed by atoms with Crippen LogP contribution in [0.15, 0.2) is 54.6 Å². The van der Waals surface area contributed by atoms with Crippen molar-refractivity contribution in [3.63, 3.8) is 0 Å². The van der Waals surface area contributed by atoms with E-state index in [0.29, 0.717) is 5.69 Å². The number of aryl methyl sites for hydroxylation is 1. The summed E-state index contributed by atoms with van der Waals surface area (Å²) in [6, 6.07) is 16.7. The summed E-state index contributed by atoms with van der Waals surface area (Å²) in [6.45, 7) is 1.97. The summed E-state index contributed by atoms with van der Waals surface area (Å²) in [6.07, 6.45) is 0. The van der Waals surface area contributed by atoms with E-state index in [4.69, 9.17) is 0 Å². The first-order valence-corrected chi connectivity index (χ1v) is 7.67. The average molecular weight is 275 g/mol. The first-order valence-electron chi connectivity index (χ1n) is 6.06. The molecule has 2 aromatic carbocycles. The van der Waals surface area contributed by atoms with Gasteiger partial charge in [-0.3, -0.25) is 4.31 Å².